The van der Waals surface area contributed by atoms with Crippen LogP contribution in [-0.2, 0) is 9.53 Å². The summed E-state index contributed by atoms with van der Waals surface area (Å²) in [5.74, 6) is -0.00519. The lowest BCUT2D eigenvalue weighted by Crippen LogP contribution is -2.30. The van der Waals surface area contributed by atoms with Gasteiger partial charge in [0.2, 0.25) is 0 Å². The van der Waals surface area contributed by atoms with Gasteiger partial charge in [-0.15, -0.1) is 0 Å². The third-order valence-corrected chi connectivity index (χ3v) is 3.34. The monoisotopic (exact) mass is 313 g/mol. The molecular formula is C18H19NO4. The van der Waals surface area contributed by atoms with E-state index in [9.17, 15) is 9.59 Å². The Labute approximate surface area is 135 Å². The highest BCUT2D eigenvalue weighted by molar-refractivity contribution is 5.95. The number of para-hydroxylation sites is 1. The lowest BCUT2D eigenvalue weighted by molar-refractivity contribution is -0.122. The van der Waals surface area contributed by atoms with E-state index in [-0.39, 0.29) is 5.91 Å². The zero-order valence-corrected chi connectivity index (χ0v) is 13.3. The Kier molecular flexibility index (Phi) is 5.36. The van der Waals surface area contributed by atoms with Gasteiger partial charge in [0.15, 0.2) is 6.10 Å². The van der Waals surface area contributed by atoms with Gasteiger partial charge in [0.05, 0.1) is 12.7 Å². The molecule has 0 aliphatic rings. The van der Waals surface area contributed by atoms with Gasteiger partial charge in [-0.25, -0.2) is 4.79 Å². The second-order valence-corrected chi connectivity index (χ2v) is 5.08. The van der Waals surface area contributed by atoms with Crippen molar-refractivity contribution in [3.05, 3.63) is 59.7 Å². The van der Waals surface area contributed by atoms with E-state index in [4.69, 9.17) is 4.74 Å². The van der Waals surface area contributed by atoms with Crippen LogP contribution in [0, 0.1) is 6.92 Å². The summed E-state index contributed by atoms with van der Waals surface area (Å²) in [6.45, 7) is 3.61. The third-order valence-electron chi connectivity index (χ3n) is 3.34. The van der Waals surface area contributed by atoms with Crippen LogP contribution in [-0.4, -0.2) is 25.1 Å². The largest absolute Gasteiger partial charge is 0.481 e. The number of ether oxygens (including phenoxy) is 2. The molecule has 0 bridgehead atoms. The highest BCUT2D eigenvalue weighted by Crippen LogP contribution is 2.18. The minimum atomic E-state index is -0.642. The number of carbonyl (C=O) groups excluding carboxylic acids is 2. The van der Waals surface area contributed by atoms with Crippen molar-refractivity contribution < 1.29 is 19.1 Å². The fourth-order valence-corrected chi connectivity index (χ4v) is 1.98. The van der Waals surface area contributed by atoms with Crippen LogP contribution in [0.3, 0.4) is 0 Å². The van der Waals surface area contributed by atoms with Crippen molar-refractivity contribution in [1.82, 2.24) is 0 Å². The lowest BCUT2D eigenvalue weighted by atomic mass is 10.2. The van der Waals surface area contributed by atoms with E-state index in [1.807, 2.05) is 31.2 Å². The first-order valence-corrected chi connectivity index (χ1v) is 7.23. The van der Waals surface area contributed by atoms with Crippen LogP contribution in [0.1, 0.15) is 22.8 Å². The Bertz CT molecular complexity index is 694. The summed E-state index contributed by atoms with van der Waals surface area (Å²) in [7, 11) is 1.32. The Morgan fingerprint density at radius 1 is 1.04 bits per heavy atom. The summed E-state index contributed by atoms with van der Waals surface area (Å²) in [5.41, 5.74) is 1.98. The minimum Gasteiger partial charge on any atom is -0.481 e. The molecule has 1 N–H and O–H groups in total. The van der Waals surface area contributed by atoms with Gasteiger partial charge in [0.1, 0.15) is 5.75 Å². The van der Waals surface area contributed by atoms with Gasteiger partial charge in [-0.05, 0) is 49.7 Å². The van der Waals surface area contributed by atoms with E-state index in [0.29, 0.717) is 17.0 Å². The number of benzene rings is 2. The molecule has 0 radical (unpaired) electrons. The Morgan fingerprint density at radius 2 is 1.70 bits per heavy atom. The third kappa shape index (κ3) is 4.32. The molecule has 23 heavy (non-hydrogen) atoms. The zero-order chi connectivity index (χ0) is 16.8. The molecule has 0 heterocycles. The van der Waals surface area contributed by atoms with Crippen LogP contribution < -0.4 is 10.1 Å². The van der Waals surface area contributed by atoms with Crippen LogP contribution in [0.4, 0.5) is 5.69 Å². The average molecular weight is 313 g/mol. The van der Waals surface area contributed by atoms with E-state index < -0.39 is 12.1 Å². The van der Waals surface area contributed by atoms with Gasteiger partial charge in [-0.1, -0.05) is 18.2 Å². The first-order chi connectivity index (χ1) is 11.0. The molecule has 2 rings (SSSR count). The van der Waals surface area contributed by atoms with Crippen molar-refractivity contribution in [2.45, 2.75) is 20.0 Å². The predicted octanol–water partition coefficient (Wildman–Crippen LogP) is 3.19. The fourth-order valence-electron chi connectivity index (χ4n) is 1.98. The summed E-state index contributed by atoms with van der Waals surface area (Å²) >= 11 is 0. The molecule has 1 atom stereocenters. The molecule has 2 aromatic carbocycles. The van der Waals surface area contributed by atoms with Crippen molar-refractivity contribution in [2.75, 3.05) is 12.4 Å². The van der Waals surface area contributed by atoms with Gasteiger partial charge in [-0.2, -0.15) is 0 Å². The van der Waals surface area contributed by atoms with E-state index in [1.54, 1.807) is 31.2 Å². The molecule has 0 spiro atoms. The lowest BCUT2D eigenvalue weighted by Gasteiger charge is -2.16. The van der Waals surface area contributed by atoms with Gasteiger partial charge < -0.3 is 14.8 Å². The number of methoxy groups -OCH3 is 1. The molecule has 0 aliphatic heterocycles. The molecule has 2 aromatic rings. The van der Waals surface area contributed by atoms with E-state index >= 15 is 0 Å². The van der Waals surface area contributed by atoms with Gasteiger partial charge >= 0.3 is 5.97 Å². The summed E-state index contributed by atoms with van der Waals surface area (Å²) in [5, 5.41) is 2.75. The molecule has 5 nitrogen and oxygen atoms in total. The quantitative estimate of drug-likeness (QED) is 0.861. The highest BCUT2D eigenvalue weighted by atomic mass is 16.5. The van der Waals surface area contributed by atoms with Crippen LogP contribution >= 0.6 is 0 Å². The summed E-state index contributed by atoms with van der Waals surface area (Å²) in [6, 6.07) is 14.0. The van der Waals surface area contributed by atoms with Crippen LogP contribution in [0.5, 0.6) is 5.75 Å². The summed E-state index contributed by atoms with van der Waals surface area (Å²) < 4.78 is 10.3. The number of hydrogen-bond donors (Lipinski definition) is 1. The summed E-state index contributed by atoms with van der Waals surface area (Å²) in [6.07, 6.45) is -0.642. The van der Waals surface area contributed by atoms with Crippen molar-refractivity contribution in [3.63, 3.8) is 0 Å². The molecular weight excluding hydrogens is 294 g/mol. The van der Waals surface area contributed by atoms with E-state index in [0.717, 1.165) is 5.56 Å². The molecule has 0 aliphatic carbocycles. The number of amides is 1. The number of nitrogens with one attached hydrogen (secondary N) is 1. The molecule has 0 saturated heterocycles. The maximum Gasteiger partial charge on any atom is 0.337 e. The van der Waals surface area contributed by atoms with Gasteiger partial charge in [0.25, 0.3) is 5.91 Å². The molecule has 0 unspecified atom stereocenters. The van der Waals surface area contributed by atoms with Crippen LogP contribution in [0.25, 0.3) is 0 Å². The molecule has 0 fully saturated rings. The van der Waals surface area contributed by atoms with Gasteiger partial charge in [-0.3, -0.25) is 4.79 Å². The Balaban J connectivity index is 1.98. The van der Waals surface area contributed by atoms with Crippen LogP contribution in [0.2, 0.25) is 0 Å². The molecule has 5 heteroatoms. The normalized spacial score (nSPS) is 11.4. The highest BCUT2D eigenvalue weighted by Gasteiger charge is 2.16. The topological polar surface area (TPSA) is 64.6 Å². The van der Waals surface area contributed by atoms with Crippen molar-refractivity contribution in [2.24, 2.45) is 0 Å². The van der Waals surface area contributed by atoms with Crippen LogP contribution in [0.15, 0.2) is 48.5 Å². The minimum absolute atomic E-state index is 0.265. The zero-order valence-electron chi connectivity index (χ0n) is 13.3. The smallest absolute Gasteiger partial charge is 0.337 e. The summed E-state index contributed by atoms with van der Waals surface area (Å²) in [4.78, 5) is 23.5. The number of anilines is 1. The van der Waals surface area contributed by atoms with E-state index in [1.165, 1.54) is 7.11 Å². The molecule has 0 aromatic heterocycles. The van der Waals surface area contributed by atoms with Gasteiger partial charge in [0, 0.05) is 5.69 Å². The first-order valence-electron chi connectivity index (χ1n) is 7.23. The number of esters is 1. The Morgan fingerprint density at radius 3 is 2.30 bits per heavy atom. The second kappa shape index (κ2) is 7.45. The Hall–Kier alpha value is -2.82. The second-order valence-electron chi connectivity index (χ2n) is 5.08. The van der Waals surface area contributed by atoms with Crippen molar-refractivity contribution >= 4 is 17.6 Å². The molecule has 1 amide bonds. The maximum atomic E-state index is 12.2. The average Bonchev–Trinajstić information content (AvgIpc) is 2.56. The number of hydrogen-bond acceptors (Lipinski definition) is 4. The maximum absolute atomic E-state index is 12.2. The molecule has 120 valence electrons. The van der Waals surface area contributed by atoms with E-state index in [2.05, 4.69) is 10.1 Å². The van der Waals surface area contributed by atoms with Crippen molar-refractivity contribution in [1.29, 1.82) is 0 Å². The van der Waals surface area contributed by atoms with Crippen molar-refractivity contribution in [3.8, 4) is 5.75 Å². The fraction of sp³-hybridized carbons (Fsp3) is 0.222. The number of aryl methyl sites for hydroxylation is 1. The number of rotatable bonds is 5. The standard InChI is InChI=1S/C18H19NO4/c1-12-6-4-5-7-16(12)23-13(2)17(20)19-15-10-8-14(9-11-15)18(21)22-3/h4-11,13H,1-3H3,(H,19,20)/t13-/m0/s1. The molecule has 0 saturated carbocycles. The SMILES string of the molecule is COC(=O)c1ccc(NC(=O)[C@H](C)Oc2ccccc2C)cc1. The predicted molar refractivity (Wildman–Crippen MR) is 87.7 cm³/mol. The number of carbonyl (C=O) groups is 2. The first kappa shape index (κ1) is 16.5.